The number of ether oxygens (including phenoxy) is 4. The summed E-state index contributed by atoms with van der Waals surface area (Å²) in [5, 5.41) is 11.3. The SMILES string of the molecule is COCCCN1C(=O)C(=O)/C(=C(\O)c2ccc(OCc3cccc(C)c3)cc2)C1c1ccc(OC)c(OC)c1. The highest BCUT2D eigenvalue weighted by Crippen LogP contribution is 2.42. The number of methoxy groups -OCH3 is 3. The summed E-state index contributed by atoms with van der Waals surface area (Å²) in [4.78, 5) is 27.8. The molecule has 0 radical (unpaired) electrons. The van der Waals surface area contributed by atoms with Crippen molar-refractivity contribution in [2.24, 2.45) is 0 Å². The van der Waals surface area contributed by atoms with Crippen molar-refractivity contribution in [3.63, 3.8) is 0 Å². The van der Waals surface area contributed by atoms with Crippen LogP contribution in [0.5, 0.6) is 17.2 Å². The molecule has 1 saturated heterocycles. The quantitative estimate of drug-likeness (QED) is 0.160. The number of nitrogens with zero attached hydrogens (tertiary/aromatic N) is 1. The number of hydrogen-bond acceptors (Lipinski definition) is 7. The van der Waals surface area contributed by atoms with E-state index in [1.807, 2.05) is 25.1 Å². The summed E-state index contributed by atoms with van der Waals surface area (Å²) in [6.45, 7) is 3.13. The first-order chi connectivity index (χ1) is 18.9. The summed E-state index contributed by atoms with van der Waals surface area (Å²) in [5.41, 5.74) is 3.23. The molecule has 1 fully saturated rings. The molecule has 1 atom stereocenters. The van der Waals surface area contributed by atoms with Gasteiger partial charge in [-0.25, -0.2) is 0 Å². The second-order valence-electron chi connectivity index (χ2n) is 9.26. The molecule has 3 aromatic rings. The largest absolute Gasteiger partial charge is 0.507 e. The topological polar surface area (TPSA) is 94.5 Å². The van der Waals surface area contributed by atoms with E-state index in [0.717, 1.165) is 11.1 Å². The fourth-order valence-corrected chi connectivity index (χ4v) is 4.69. The van der Waals surface area contributed by atoms with Gasteiger partial charge in [-0.15, -0.1) is 0 Å². The molecule has 4 rings (SSSR count). The van der Waals surface area contributed by atoms with E-state index in [4.69, 9.17) is 18.9 Å². The smallest absolute Gasteiger partial charge is 0.295 e. The Labute approximate surface area is 228 Å². The van der Waals surface area contributed by atoms with Crippen LogP contribution in [0.2, 0.25) is 0 Å². The molecule has 204 valence electrons. The highest BCUT2D eigenvalue weighted by molar-refractivity contribution is 6.46. The molecular weight excluding hydrogens is 498 g/mol. The number of aryl methyl sites for hydroxylation is 1. The number of rotatable bonds is 11. The van der Waals surface area contributed by atoms with Crippen LogP contribution in [0.15, 0.2) is 72.3 Å². The van der Waals surface area contributed by atoms with Crippen LogP contribution >= 0.6 is 0 Å². The Balaban J connectivity index is 1.67. The van der Waals surface area contributed by atoms with Gasteiger partial charge >= 0.3 is 0 Å². The molecule has 1 heterocycles. The van der Waals surface area contributed by atoms with Gasteiger partial charge in [-0.05, 0) is 60.9 Å². The van der Waals surface area contributed by atoms with Gasteiger partial charge in [0.2, 0.25) is 0 Å². The van der Waals surface area contributed by atoms with Crippen molar-refractivity contribution >= 4 is 17.4 Å². The molecule has 1 aliphatic rings. The lowest BCUT2D eigenvalue weighted by molar-refractivity contribution is -0.140. The van der Waals surface area contributed by atoms with Crippen LogP contribution in [0.25, 0.3) is 5.76 Å². The van der Waals surface area contributed by atoms with E-state index in [1.165, 1.54) is 19.1 Å². The lowest BCUT2D eigenvalue weighted by atomic mass is 9.95. The van der Waals surface area contributed by atoms with Crippen molar-refractivity contribution in [2.75, 3.05) is 34.5 Å². The lowest BCUT2D eigenvalue weighted by Gasteiger charge is -2.26. The minimum atomic E-state index is -0.807. The van der Waals surface area contributed by atoms with Crippen molar-refractivity contribution in [3.8, 4) is 17.2 Å². The summed E-state index contributed by atoms with van der Waals surface area (Å²) in [6, 6.07) is 19.2. The molecule has 0 aliphatic carbocycles. The van der Waals surface area contributed by atoms with Gasteiger partial charge in [-0.1, -0.05) is 35.9 Å². The van der Waals surface area contributed by atoms with Gasteiger partial charge in [0.1, 0.15) is 18.1 Å². The summed E-state index contributed by atoms with van der Waals surface area (Å²) >= 11 is 0. The molecule has 1 aliphatic heterocycles. The summed E-state index contributed by atoms with van der Waals surface area (Å²) in [7, 11) is 4.62. The third-order valence-electron chi connectivity index (χ3n) is 6.63. The van der Waals surface area contributed by atoms with E-state index in [1.54, 1.807) is 49.6 Å². The van der Waals surface area contributed by atoms with Gasteiger partial charge in [0.25, 0.3) is 11.7 Å². The van der Waals surface area contributed by atoms with E-state index >= 15 is 0 Å². The summed E-state index contributed by atoms with van der Waals surface area (Å²) in [6.07, 6.45) is 0.528. The fraction of sp³-hybridized carbons (Fsp3) is 0.290. The summed E-state index contributed by atoms with van der Waals surface area (Å²) in [5.74, 6) is -0.0985. The molecule has 39 heavy (non-hydrogen) atoms. The molecule has 1 amide bonds. The number of likely N-dealkylation sites (tertiary alicyclic amines) is 1. The minimum absolute atomic E-state index is 0.0121. The first kappa shape index (κ1) is 27.7. The molecule has 0 saturated carbocycles. The van der Waals surface area contributed by atoms with Crippen LogP contribution in [-0.2, 0) is 20.9 Å². The molecule has 8 heteroatoms. The maximum atomic E-state index is 13.3. The fourth-order valence-electron chi connectivity index (χ4n) is 4.69. The van der Waals surface area contributed by atoms with E-state index in [-0.39, 0.29) is 17.9 Å². The average Bonchev–Trinajstić information content (AvgIpc) is 3.21. The van der Waals surface area contributed by atoms with Crippen molar-refractivity contribution in [2.45, 2.75) is 26.0 Å². The molecular formula is C31H33NO7. The van der Waals surface area contributed by atoms with Crippen LogP contribution in [0.4, 0.5) is 0 Å². The van der Waals surface area contributed by atoms with E-state index in [0.29, 0.717) is 48.0 Å². The van der Waals surface area contributed by atoms with Crippen LogP contribution in [0.3, 0.4) is 0 Å². The molecule has 8 nitrogen and oxygen atoms in total. The second-order valence-corrected chi connectivity index (χ2v) is 9.26. The van der Waals surface area contributed by atoms with Crippen LogP contribution < -0.4 is 14.2 Å². The van der Waals surface area contributed by atoms with Crippen LogP contribution in [0.1, 0.15) is 34.7 Å². The lowest BCUT2D eigenvalue weighted by Crippen LogP contribution is -2.31. The maximum Gasteiger partial charge on any atom is 0.295 e. The van der Waals surface area contributed by atoms with Crippen LogP contribution in [-0.4, -0.2) is 56.2 Å². The van der Waals surface area contributed by atoms with Gasteiger partial charge in [0.15, 0.2) is 11.5 Å². The predicted molar refractivity (Wildman–Crippen MR) is 147 cm³/mol. The molecule has 0 bridgehead atoms. The maximum absolute atomic E-state index is 13.3. The second kappa shape index (κ2) is 12.5. The molecule has 1 N–H and O–H groups in total. The number of ketones is 1. The van der Waals surface area contributed by atoms with Gasteiger partial charge < -0.3 is 29.0 Å². The first-order valence-corrected chi connectivity index (χ1v) is 12.7. The number of aliphatic hydroxyl groups is 1. The first-order valence-electron chi connectivity index (χ1n) is 12.7. The Bertz CT molecular complexity index is 1360. The number of carbonyl (C=O) groups is 2. The van der Waals surface area contributed by atoms with Crippen molar-refractivity contribution in [3.05, 3.63) is 94.6 Å². The monoisotopic (exact) mass is 531 g/mol. The number of benzene rings is 3. The highest BCUT2D eigenvalue weighted by Gasteiger charge is 2.46. The van der Waals surface area contributed by atoms with Gasteiger partial charge in [-0.3, -0.25) is 9.59 Å². The van der Waals surface area contributed by atoms with Crippen molar-refractivity contribution < 1.29 is 33.6 Å². The third kappa shape index (κ3) is 6.07. The Kier molecular flexibility index (Phi) is 8.88. The highest BCUT2D eigenvalue weighted by atomic mass is 16.5. The third-order valence-corrected chi connectivity index (χ3v) is 6.63. The standard InChI is InChI=1S/C31H33NO7/c1-20-7-5-8-21(17-20)19-39-24-12-9-22(10-13-24)29(33)27-28(23-11-14-25(37-3)26(18-23)38-4)32(15-6-16-36-2)31(35)30(27)34/h5,7-14,17-18,28,33H,6,15-16,19H2,1-4H3/b29-27-. The van der Waals surface area contributed by atoms with E-state index in [9.17, 15) is 14.7 Å². The predicted octanol–water partition coefficient (Wildman–Crippen LogP) is 5.05. The van der Waals surface area contributed by atoms with Gasteiger partial charge in [0.05, 0.1) is 25.8 Å². The summed E-state index contributed by atoms with van der Waals surface area (Å²) < 4.78 is 21.8. The number of amides is 1. The minimum Gasteiger partial charge on any atom is -0.507 e. The average molecular weight is 532 g/mol. The zero-order valence-electron chi connectivity index (χ0n) is 22.6. The molecule has 0 spiro atoms. The number of hydrogen-bond donors (Lipinski definition) is 1. The normalized spacial score (nSPS) is 16.4. The number of aliphatic hydroxyl groups excluding tert-OH is 1. The van der Waals surface area contributed by atoms with E-state index < -0.39 is 17.7 Å². The number of Topliss-reactive ketones (excluding diaryl/α,β-unsaturated/α-hetero) is 1. The van der Waals surface area contributed by atoms with E-state index in [2.05, 4.69) is 6.07 Å². The van der Waals surface area contributed by atoms with Crippen molar-refractivity contribution in [1.29, 1.82) is 0 Å². The Morgan fingerprint density at radius 3 is 2.33 bits per heavy atom. The molecule has 3 aromatic carbocycles. The Morgan fingerprint density at radius 2 is 1.67 bits per heavy atom. The Morgan fingerprint density at radius 1 is 0.923 bits per heavy atom. The zero-order chi connectivity index (χ0) is 27.9. The zero-order valence-corrected chi connectivity index (χ0v) is 22.6. The molecule has 0 aromatic heterocycles. The van der Waals surface area contributed by atoms with Crippen LogP contribution in [0, 0.1) is 6.92 Å². The Hall–Kier alpha value is -4.30. The van der Waals surface area contributed by atoms with Gasteiger partial charge in [-0.2, -0.15) is 0 Å². The van der Waals surface area contributed by atoms with Gasteiger partial charge in [0, 0.05) is 25.8 Å². The number of carbonyl (C=O) groups excluding carboxylic acids is 2. The van der Waals surface area contributed by atoms with Crippen molar-refractivity contribution in [1.82, 2.24) is 4.90 Å². The molecule has 1 unspecified atom stereocenters.